The van der Waals surface area contributed by atoms with Gasteiger partial charge in [0.05, 0.1) is 0 Å². The number of rotatable bonds is 4. The first-order valence-electron chi connectivity index (χ1n) is 6.95. The quantitative estimate of drug-likeness (QED) is 0.762. The molecule has 4 nitrogen and oxygen atoms in total. The van der Waals surface area contributed by atoms with Crippen LogP contribution in [-0.2, 0) is 4.79 Å². The fraction of sp³-hybridized carbons (Fsp3) is 0.923. The van der Waals surface area contributed by atoms with Crippen LogP contribution in [-0.4, -0.2) is 48.2 Å². The van der Waals surface area contributed by atoms with Crippen LogP contribution in [0.5, 0.6) is 0 Å². The Labute approximate surface area is 103 Å². The molecule has 1 atom stereocenters. The Morgan fingerprint density at radius 1 is 1.29 bits per heavy atom. The zero-order valence-corrected chi connectivity index (χ0v) is 10.5. The molecule has 2 saturated heterocycles. The summed E-state index contributed by atoms with van der Waals surface area (Å²) in [6, 6.07) is 0.393. The largest absolute Gasteiger partial charge is 0.396 e. The maximum Gasteiger partial charge on any atom is 0.226 e. The Morgan fingerprint density at radius 3 is 2.76 bits per heavy atom. The molecule has 1 unspecified atom stereocenters. The Morgan fingerprint density at radius 2 is 2.06 bits per heavy atom. The van der Waals surface area contributed by atoms with Crippen molar-refractivity contribution in [2.75, 3.05) is 26.2 Å². The van der Waals surface area contributed by atoms with Gasteiger partial charge in [-0.2, -0.15) is 0 Å². The van der Waals surface area contributed by atoms with Crippen LogP contribution in [0.3, 0.4) is 0 Å². The van der Waals surface area contributed by atoms with Crippen LogP contribution in [0.25, 0.3) is 0 Å². The zero-order chi connectivity index (χ0) is 12.1. The standard InChI is InChI=1S/C13H24N2O2/c16-10-2-4-12-3-1-9-15(12)13(17)11-5-7-14-8-6-11/h11-12,14,16H,1-10H2. The Bertz CT molecular complexity index is 252. The summed E-state index contributed by atoms with van der Waals surface area (Å²) in [6.07, 6.45) is 6.02. The normalized spacial score (nSPS) is 26.4. The van der Waals surface area contributed by atoms with Crippen molar-refractivity contribution in [3.8, 4) is 0 Å². The number of piperidine rings is 1. The first-order valence-corrected chi connectivity index (χ1v) is 6.95. The van der Waals surface area contributed by atoms with Gasteiger partial charge in [0.1, 0.15) is 0 Å². The summed E-state index contributed by atoms with van der Waals surface area (Å²) in [6.45, 7) is 3.13. The molecule has 0 aromatic carbocycles. The summed E-state index contributed by atoms with van der Waals surface area (Å²) in [5.41, 5.74) is 0. The molecule has 0 radical (unpaired) electrons. The molecule has 2 aliphatic rings. The molecule has 0 saturated carbocycles. The number of nitrogens with zero attached hydrogens (tertiary/aromatic N) is 1. The van der Waals surface area contributed by atoms with Gasteiger partial charge in [0.2, 0.25) is 5.91 Å². The highest BCUT2D eigenvalue weighted by Gasteiger charge is 2.32. The van der Waals surface area contributed by atoms with Gasteiger partial charge in [-0.1, -0.05) is 0 Å². The van der Waals surface area contributed by atoms with Crippen LogP contribution >= 0.6 is 0 Å². The van der Waals surface area contributed by atoms with E-state index >= 15 is 0 Å². The van der Waals surface area contributed by atoms with Crippen molar-refractivity contribution in [2.45, 2.75) is 44.6 Å². The lowest BCUT2D eigenvalue weighted by atomic mass is 9.96. The number of hydrogen-bond acceptors (Lipinski definition) is 3. The van der Waals surface area contributed by atoms with Crippen molar-refractivity contribution >= 4 is 5.91 Å². The first kappa shape index (κ1) is 12.8. The van der Waals surface area contributed by atoms with Crippen molar-refractivity contribution in [3.63, 3.8) is 0 Å². The average Bonchev–Trinajstić information content (AvgIpc) is 2.84. The summed E-state index contributed by atoms with van der Waals surface area (Å²) in [5.74, 6) is 0.609. The second kappa shape index (κ2) is 6.36. The molecule has 98 valence electrons. The molecule has 2 rings (SSSR count). The van der Waals surface area contributed by atoms with Gasteiger partial charge in [0.15, 0.2) is 0 Å². The number of nitrogens with one attached hydrogen (secondary N) is 1. The van der Waals surface area contributed by atoms with E-state index in [2.05, 4.69) is 10.2 Å². The van der Waals surface area contributed by atoms with Crippen LogP contribution in [0.1, 0.15) is 38.5 Å². The smallest absolute Gasteiger partial charge is 0.226 e. The molecular weight excluding hydrogens is 216 g/mol. The molecular formula is C13H24N2O2. The molecule has 17 heavy (non-hydrogen) atoms. The number of amides is 1. The van der Waals surface area contributed by atoms with Crippen molar-refractivity contribution < 1.29 is 9.90 Å². The van der Waals surface area contributed by atoms with E-state index < -0.39 is 0 Å². The maximum atomic E-state index is 12.4. The molecule has 0 aliphatic carbocycles. The third-order valence-corrected chi connectivity index (χ3v) is 4.04. The molecule has 0 bridgehead atoms. The second-order valence-corrected chi connectivity index (χ2v) is 5.22. The Kier molecular flexibility index (Phi) is 4.80. The van der Waals surface area contributed by atoms with E-state index in [1.54, 1.807) is 0 Å². The fourth-order valence-electron chi connectivity index (χ4n) is 3.06. The van der Waals surface area contributed by atoms with Crippen LogP contribution in [0.2, 0.25) is 0 Å². The molecule has 2 fully saturated rings. The minimum absolute atomic E-state index is 0.242. The number of aliphatic hydroxyl groups is 1. The number of likely N-dealkylation sites (tertiary alicyclic amines) is 1. The van der Waals surface area contributed by atoms with Gasteiger partial charge in [-0.25, -0.2) is 0 Å². The van der Waals surface area contributed by atoms with Gasteiger partial charge >= 0.3 is 0 Å². The monoisotopic (exact) mass is 240 g/mol. The van der Waals surface area contributed by atoms with E-state index in [9.17, 15) is 4.79 Å². The maximum absolute atomic E-state index is 12.4. The van der Waals surface area contributed by atoms with E-state index in [4.69, 9.17) is 5.11 Å². The van der Waals surface area contributed by atoms with E-state index in [0.29, 0.717) is 11.9 Å². The lowest BCUT2D eigenvalue weighted by Crippen LogP contribution is -2.43. The van der Waals surface area contributed by atoms with Gasteiger partial charge in [0, 0.05) is 25.1 Å². The summed E-state index contributed by atoms with van der Waals surface area (Å²) in [7, 11) is 0. The van der Waals surface area contributed by atoms with Crippen molar-refractivity contribution in [1.29, 1.82) is 0 Å². The first-order chi connectivity index (χ1) is 8.33. The van der Waals surface area contributed by atoms with Crippen molar-refractivity contribution in [3.05, 3.63) is 0 Å². The number of carbonyl (C=O) groups excluding carboxylic acids is 1. The predicted octanol–water partition coefficient (Wildman–Crippen LogP) is 0.749. The van der Waals surface area contributed by atoms with Gasteiger partial charge in [-0.3, -0.25) is 4.79 Å². The fourth-order valence-corrected chi connectivity index (χ4v) is 3.06. The highest BCUT2D eigenvalue weighted by atomic mass is 16.3. The minimum Gasteiger partial charge on any atom is -0.396 e. The molecule has 2 heterocycles. The summed E-state index contributed by atoms with van der Waals surface area (Å²) >= 11 is 0. The Hall–Kier alpha value is -0.610. The highest BCUT2D eigenvalue weighted by molar-refractivity contribution is 5.79. The number of aliphatic hydroxyl groups excluding tert-OH is 1. The lowest BCUT2D eigenvalue weighted by molar-refractivity contribution is -0.137. The third-order valence-electron chi connectivity index (χ3n) is 4.04. The van der Waals surface area contributed by atoms with Crippen LogP contribution in [0.4, 0.5) is 0 Å². The SMILES string of the molecule is O=C(C1CCNCC1)N1CCCC1CCCO. The van der Waals surface area contributed by atoms with E-state index in [-0.39, 0.29) is 12.5 Å². The molecule has 2 N–H and O–H groups in total. The van der Waals surface area contributed by atoms with E-state index in [1.165, 1.54) is 0 Å². The summed E-state index contributed by atoms with van der Waals surface area (Å²) in [4.78, 5) is 14.5. The van der Waals surface area contributed by atoms with Crippen molar-refractivity contribution in [2.24, 2.45) is 5.92 Å². The van der Waals surface area contributed by atoms with Gasteiger partial charge in [-0.05, 0) is 51.6 Å². The summed E-state index contributed by atoms with van der Waals surface area (Å²) in [5, 5.41) is 12.2. The zero-order valence-electron chi connectivity index (χ0n) is 10.5. The molecule has 2 aliphatic heterocycles. The van der Waals surface area contributed by atoms with Gasteiger partial charge < -0.3 is 15.3 Å². The molecule has 0 spiro atoms. The minimum atomic E-state index is 0.242. The second-order valence-electron chi connectivity index (χ2n) is 5.22. The van der Waals surface area contributed by atoms with E-state index in [1.807, 2.05) is 0 Å². The lowest BCUT2D eigenvalue weighted by Gasteiger charge is -2.31. The Balaban J connectivity index is 1.88. The predicted molar refractivity (Wildman–Crippen MR) is 66.6 cm³/mol. The molecule has 0 aromatic heterocycles. The molecule has 0 aromatic rings. The third kappa shape index (κ3) is 3.19. The topological polar surface area (TPSA) is 52.6 Å². The molecule has 4 heteroatoms. The van der Waals surface area contributed by atoms with Crippen LogP contribution < -0.4 is 5.32 Å². The van der Waals surface area contributed by atoms with Crippen molar-refractivity contribution in [1.82, 2.24) is 10.2 Å². The van der Waals surface area contributed by atoms with Gasteiger partial charge in [-0.15, -0.1) is 0 Å². The van der Waals surface area contributed by atoms with Crippen LogP contribution in [0.15, 0.2) is 0 Å². The summed E-state index contributed by atoms with van der Waals surface area (Å²) < 4.78 is 0. The molecule has 1 amide bonds. The van der Waals surface area contributed by atoms with Gasteiger partial charge in [0.25, 0.3) is 0 Å². The van der Waals surface area contributed by atoms with E-state index in [0.717, 1.165) is 58.2 Å². The number of hydrogen-bond donors (Lipinski definition) is 2. The van der Waals surface area contributed by atoms with Crippen LogP contribution in [0, 0.1) is 5.92 Å². The highest BCUT2D eigenvalue weighted by Crippen LogP contribution is 2.25. The number of carbonyl (C=O) groups is 1. The average molecular weight is 240 g/mol.